The van der Waals surface area contributed by atoms with Gasteiger partial charge in [-0.3, -0.25) is 14.4 Å². The summed E-state index contributed by atoms with van der Waals surface area (Å²) < 4.78 is 6.04. The van der Waals surface area contributed by atoms with E-state index in [1.165, 1.54) is 0 Å². The maximum Gasteiger partial charge on any atom is 0.312 e. The summed E-state index contributed by atoms with van der Waals surface area (Å²) in [6.07, 6.45) is 2.74. The third kappa shape index (κ3) is 3.44. The average Bonchev–Trinajstić information content (AvgIpc) is 3.05. The fraction of sp³-hybridized carbons (Fsp3) is 0.136. The normalized spacial score (nSPS) is 14.2. The first-order valence-electron chi connectivity index (χ1n) is 8.88. The van der Waals surface area contributed by atoms with E-state index in [0.29, 0.717) is 34.4 Å². The van der Waals surface area contributed by atoms with Crippen molar-refractivity contribution in [2.45, 2.75) is 19.3 Å². The molecule has 0 spiro atoms. The summed E-state index contributed by atoms with van der Waals surface area (Å²) >= 11 is 0. The van der Waals surface area contributed by atoms with Gasteiger partial charge in [0, 0.05) is 17.3 Å². The van der Waals surface area contributed by atoms with Crippen molar-refractivity contribution in [1.82, 2.24) is 0 Å². The monoisotopic (exact) mass is 375 g/mol. The summed E-state index contributed by atoms with van der Waals surface area (Å²) in [5.41, 5.74) is 3.32. The van der Waals surface area contributed by atoms with Crippen LogP contribution in [0.25, 0.3) is 22.6 Å². The van der Waals surface area contributed by atoms with Gasteiger partial charge in [-0.1, -0.05) is 30.3 Å². The zero-order valence-corrected chi connectivity index (χ0v) is 14.9. The standard InChI is InChI=1S/C22H17NO5/c24-19(12-20(25)26)23-15-7-9-16-18(11-15)28-22-14(6-8-17(22)21(16)27)10-13-4-2-1-3-5-13/h1-5,7,9-11H,6,8,12H2,(H,23,24)(H,25,26). The number of carboxylic acids is 1. The highest BCUT2D eigenvalue weighted by Gasteiger charge is 2.24. The SMILES string of the molecule is O=C(O)CC(=O)Nc1ccc2c(=O)c3c(oc2c1)C(=Cc1ccccc1)CC3. The highest BCUT2D eigenvalue weighted by atomic mass is 16.4. The van der Waals surface area contributed by atoms with Crippen LogP contribution in [-0.4, -0.2) is 17.0 Å². The summed E-state index contributed by atoms with van der Waals surface area (Å²) in [5.74, 6) is -1.27. The van der Waals surface area contributed by atoms with Crippen LogP contribution in [0.1, 0.15) is 29.7 Å². The van der Waals surface area contributed by atoms with Gasteiger partial charge in [-0.2, -0.15) is 0 Å². The molecule has 0 saturated heterocycles. The van der Waals surface area contributed by atoms with Crippen molar-refractivity contribution in [3.8, 4) is 0 Å². The predicted octanol–water partition coefficient (Wildman–Crippen LogP) is 3.69. The molecule has 6 heteroatoms. The molecule has 2 N–H and O–H groups in total. The smallest absolute Gasteiger partial charge is 0.312 e. The molecular weight excluding hydrogens is 358 g/mol. The molecule has 2 aromatic carbocycles. The van der Waals surface area contributed by atoms with Crippen LogP contribution >= 0.6 is 0 Å². The van der Waals surface area contributed by atoms with Gasteiger partial charge in [0.2, 0.25) is 5.91 Å². The highest BCUT2D eigenvalue weighted by molar-refractivity contribution is 6.02. The molecule has 0 radical (unpaired) electrons. The number of carbonyl (C=O) groups is 2. The lowest BCUT2D eigenvalue weighted by molar-refractivity contribution is -0.139. The maximum atomic E-state index is 12.8. The molecule has 0 bridgehead atoms. The number of anilines is 1. The van der Waals surface area contributed by atoms with Crippen LogP contribution in [0.4, 0.5) is 5.69 Å². The number of carboxylic acid groups (broad SMARTS) is 1. The number of aliphatic carboxylic acids is 1. The lowest BCUT2D eigenvalue weighted by Crippen LogP contribution is -2.16. The van der Waals surface area contributed by atoms with Gasteiger partial charge in [0.05, 0.1) is 5.39 Å². The Morgan fingerprint density at radius 1 is 1.11 bits per heavy atom. The first-order valence-corrected chi connectivity index (χ1v) is 8.88. The molecule has 4 rings (SSSR count). The molecule has 1 aliphatic carbocycles. The van der Waals surface area contributed by atoms with Crippen LogP contribution in [0, 0.1) is 0 Å². The van der Waals surface area contributed by atoms with Gasteiger partial charge in [-0.25, -0.2) is 0 Å². The Kier molecular flexibility index (Phi) is 4.53. The van der Waals surface area contributed by atoms with Gasteiger partial charge >= 0.3 is 5.97 Å². The topological polar surface area (TPSA) is 96.6 Å². The second-order valence-corrected chi connectivity index (χ2v) is 6.65. The van der Waals surface area contributed by atoms with E-state index in [-0.39, 0.29) is 5.43 Å². The summed E-state index contributed by atoms with van der Waals surface area (Å²) in [6.45, 7) is 0. The molecule has 0 unspecified atom stereocenters. The fourth-order valence-electron chi connectivity index (χ4n) is 3.40. The summed E-state index contributed by atoms with van der Waals surface area (Å²) in [7, 11) is 0. The molecule has 1 amide bonds. The molecule has 0 saturated carbocycles. The first-order chi connectivity index (χ1) is 13.5. The van der Waals surface area contributed by atoms with E-state index in [9.17, 15) is 14.4 Å². The molecule has 6 nitrogen and oxygen atoms in total. The molecular formula is C22H17NO5. The number of allylic oxidation sites excluding steroid dienone is 1. The van der Waals surface area contributed by atoms with E-state index in [1.807, 2.05) is 36.4 Å². The zero-order valence-electron chi connectivity index (χ0n) is 14.9. The quantitative estimate of drug-likeness (QED) is 0.678. The first kappa shape index (κ1) is 17.7. The van der Waals surface area contributed by atoms with E-state index < -0.39 is 18.3 Å². The number of benzene rings is 2. The third-order valence-electron chi connectivity index (χ3n) is 4.66. The van der Waals surface area contributed by atoms with Gasteiger partial charge in [0.15, 0.2) is 5.43 Å². The molecule has 0 aliphatic heterocycles. The average molecular weight is 375 g/mol. The summed E-state index contributed by atoms with van der Waals surface area (Å²) in [6, 6.07) is 14.5. The van der Waals surface area contributed by atoms with Crippen molar-refractivity contribution in [2.24, 2.45) is 0 Å². The number of amides is 1. The maximum absolute atomic E-state index is 12.8. The van der Waals surface area contributed by atoms with Crippen LogP contribution in [-0.2, 0) is 16.0 Å². The Morgan fingerprint density at radius 2 is 1.89 bits per heavy atom. The second kappa shape index (κ2) is 7.15. The number of hydrogen-bond acceptors (Lipinski definition) is 4. The largest absolute Gasteiger partial charge is 0.481 e. The van der Waals surface area contributed by atoms with Gasteiger partial charge in [0.1, 0.15) is 17.8 Å². The van der Waals surface area contributed by atoms with Crippen LogP contribution in [0.2, 0.25) is 0 Å². The Morgan fingerprint density at radius 3 is 2.64 bits per heavy atom. The molecule has 140 valence electrons. The highest BCUT2D eigenvalue weighted by Crippen LogP contribution is 2.34. The molecule has 28 heavy (non-hydrogen) atoms. The van der Waals surface area contributed by atoms with Crippen molar-refractivity contribution in [1.29, 1.82) is 0 Å². The van der Waals surface area contributed by atoms with E-state index in [2.05, 4.69) is 5.32 Å². The van der Waals surface area contributed by atoms with Gasteiger partial charge < -0.3 is 14.8 Å². The molecule has 1 aliphatic rings. The number of carbonyl (C=O) groups excluding carboxylic acids is 1. The van der Waals surface area contributed by atoms with Gasteiger partial charge in [-0.05, 0) is 42.2 Å². The number of nitrogens with one attached hydrogen (secondary N) is 1. The minimum atomic E-state index is -1.21. The van der Waals surface area contributed by atoms with E-state index >= 15 is 0 Å². The Labute approximate surface area is 160 Å². The van der Waals surface area contributed by atoms with E-state index in [4.69, 9.17) is 9.52 Å². The van der Waals surface area contributed by atoms with Crippen molar-refractivity contribution in [2.75, 3.05) is 5.32 Å². The summed E-state index contributed by atoms with van der Waals surface area (Å²) in [4.78, 5) is 35.2. The van der Waals surface area contributed by atoms with Gasteiger partial charge in [-0.15, -0.1) is 0 Å². The van der Waals surface area contributed by atoms with E-state index in [1.54, 1.807) is 18.2 Å². The Balaban J connectivity index is 1.74. The fourth-order valence-corrected chi connectivity index (χ4v) is 3.40. The lowest BCUT2D eigenvalue weighted by atomic mass is 10.1. The molecule has 1 aromatic heterocycles. The Hall–Kier alpha value is -3.67. The Bertz CT molecular complexity index is 1170. The van der Waals surface area contributed by atoms with Crippen LogP contribution in [0.3, 0.4) is 0 Å². The van der Waals surface area contributed by atoms with Crippen molar-refractivity contribution in [3.63, 3.8) is 0 Å². The van der Waals surface area contributed by atoms with Crippen LogP contribution in [0.15, 0.2) is 57.7 Å². The van der Waals surface area contributed by atoms with Crippen LogP contribution in [0.5, 0.6) is 0 Å². The van der Waals surface area contributed by atoms with Crippen molar-refractivity contribution in [3.05, 3.63) is 75.6 Å². The third-order valence-corrected chi connectivity index (χ3v) is 4.66. The minimum absolute atomic E-state index is 0.0730. The minimum Gasteiger partial charge on any atom is -0.481 e. The van der Waals surface area contributed by atoms with Crippen molar-refractivity contribution < 1.29 is 19.1 Å². The van der Waals surface area contributed by atoms with Crippen molar-refractivity contribution >= 4 is 40.2 Å². The molecule has 3 aromatic rings. The molecule has 0 atom stereocenters. The second-order valence-electron chi connectivity index (χ2n) is 6.65. The van der Waals surface area contributed by atoms with E-state index in [0.717, 1.165) is 17.6 Å². The summed E-state index contributed by atoms with van der Waals surface area (Å²) in [5, 5.41) is 11.6. The zero-order chi connectivity index (χ0) is 19.7. The predicted molar refractivity (Wildman–Crippen MR) is 106 cm³/mol. The number of fused-ring (bicyclic) bond motifs is 2. The van der Waals surface area contributed by atoms with Gasteiger partial charge in [0.25, 0.3) is 0 Å². The van der Waals surface area contributed by atoms with Crippen LogP contribution < -0.4 is 10.7 Å². The number of rotatable bonds is 4. The number of hydrogen-bond donors (Lipinski definition) is 2. The lowest BCUT2D eigenvalue weighted by Gasteiger charge is -2.07. The molecule has 1 heterocycles. The molecule has 0 fully saturated rings.